The third-order valence-electron chi connectivity index (χ3n) is 2.54. The molecule has 0 aliphatic carbocycles. The molecule has 17 heavy (non-hydrogen) atoms. The molecule has 0 spiro atoms. The summed E-state index contributed by atoms with van der Waals surface area (Å²) in [5, 5.41) is 12.2. The van der Waals surface area contributed by atoms with Crippen LogP contribution in [-0.4, -0.2) is 35.8 Å². The van der Waals surface area contributed by atoms with Crippen molar-refractivity contribution >= 4 is 11.7 Å². The standard InChI is InChI=1S/C12H18N2O3/c1-8(2)11(7-17-3)14-10-6-13-5-4-9(10)12(15)16/h4-6,8,11,14H,7H2,1-3H3,(H,15,16). The summed E-state index contributed by atoms with van der Waals surface area (Å²) in [6, 6.07) is 1.54. The Morgan fingerprint density at radius 2 is 2.29 bits per heavy atom. The third-order valence-corrected chi connectivity index (χ3v) is 2.54. The van der Waals surface area contributed by atoms with Gasteiger partial charge in [-0.2, -0.15) is 0 Å². The van der Waals surface area contributed by atoms with Crippen molar-refractivity contribution < 1.29 is 14.6 Å². The van der Waals surface area contributed by atoms with E-state index >= 15 is 0 Å². The number of anilines is 1. The Morgan fingerprint density at radius 1 is 1.59 bits per heavy atom. The lowest BCUT2D eigenvalue weighted by molar-refractivity contribution is 0.0697. The second-order valence-electron chi connectivity index (χ2n) is 4.18. The summed E-state index contributed by atoms with van der Waals surface area (Å²) >= 11 is 0. The van der Waals surface area contributed by atoms with Gasteiger partial charge >= 0.3 is 5.97 Å². The molecular weight excluding hydrogens is 220 g/mol. The lowest BCUT2D eigenvalue weighted by Crippen LogP contribution is -2.31. The van der Waals surface area contributed by atoms with Crippen molar-refractivity contribution in [2.45, 2.75) is 19.9 Å². The maximum absolute atomic E-state index is 11.0. The minimum Gasteiger partial charge on any atom is -0.478 e. The molecule has 5 heteroatoms. The van der Waals surface area contributed by atoms with E-state index in [4.69, 9.17) is 9.84 Å². The summed E-state index contributed by atoms with van der Waals surface area (Å²) in [6.45, 7) is 4.62. The predicted octanol–water partition coefficient (Wildman–Crippen LogP) is 1.86. The van der Waals surface area contributed by atoms with E-state index in [-0.39, 0.29) is 11.6 Å². The normalized spacial score (nSPS) is 12.5. The zero-order chi connectivity index (χ0) is 12.8. The molecule has 94 valence electrons. The first-order valence-corrected chi connectivity index (χ1v) is 5.49. The van der Waals surface area contributed by atoms with Gasteiger partial charge in [-0.05, 0) is 12.0 Å². The zero-order valence-corrected chi connectivity index (χ0v) is 10.3. The Labute approximate surface area is 101 Å². The Hall–Kier alpha value is -1.62. The lowest BCUT2D eigenvalue weighted by Gasteiger charge is -2.23. The molecule has 1 unspecified atom stereocenters. The molecule has 0 fully saturated rings. The summed E-state index contributed by atoms with van der Waals surface area (Å²) in [7, 11) is 1.62. The number of carboxylic acids is 1. The molecule has 1 aromatic heterocycles. The fourth-order valence-electron chi connectivity index (χ4n) is 1.48. The maximum Gasteiger partial charge on any atom is 0.337 e. The van der Waals surface area contributed by atoms with Crippen LogP contribution in [0.5, 0.6) is 0 Å². The highest BCUT2D eigenvalue weighted by atomic mass is 16.5. The van der Waals surface area contributed by atoms with E-state index in [2.05, 4.69) is 10.3 Å². The van der Waals surface area contributed by atoms with Crippen molar-refractivity contribution in [2.24, 2.45) is 5.92 Å². The Kier molecular flexibility index (Phi) is 4.90. The number of aromatic carboxylic acids is 1. The molecule has 0 bridgehead atoms. The topological polar surface area (TPSA) is 71.5 Å². The first kappa shape index (κ1) is 13.4. The Morgan fingerprint density at radius 3 is 2.82 bits per heavy atom. The number of rotatable bonds is 6. The molecule has 0 saturated heterocycles. The van der Waals surface area contributed by atoms with Crippen molar-refractivity contribution in [1.29, 1.82) is 0 Å². The highest BCUT2D eigenvalue weighted by Gasteiger charge is 2.16. The van der Waals surface area contributed by atoms with Gasteiger partial charge in [0.1, 0.15) is 0 Å². The van der Waals surface area contributed by atoms with Gasteiger partial charge in [-0.1, -0.05) is 13.8 Å². The van der Waals surface area contributed by atoms with Crippen molar-refractivity contribution in [3.8, 4) is 0 Å². The number of methoxy groups -OCH3 is 1. The molecule has 1 atom stereocenters. The molecule has 5 nitrogen and oxygen atoms in total. The van der Waals surface area contributed by atoms with Gasteiger partial charge in [-0.25, -0.2) is 4.79 Å². The van der Waals surface area contributed by atoms with Gasteiger partial charge in [0, 0.05) is 13.3 Å². The SMILES string of the molecule is COCC(Nc1cnccc1C(=O)O)C(C)C. The van der Waals surface area contributed by atoms with Crippen LogP contribution < -0.4 is 5.32 Å². The largest absolute Gasteiger partial charge is 0.478 e. The fraction of sp³-hybridized carbons (Fsp3) is 0.500. The second kappa shape index (κ2) is 6.20. The highest BCUT2D eigenvalue weighted by molar-refractivity contribution is 5.93. The van der Waals surface area contributed by atoms with Gasteiger partial charge in [0.25, 0.3) is 0 Å². The molecule has 0 radical (unpaired) electrons. The van der Waals surface area contributed by atoms with E-state index in [1.807, 2.05) is 13.8 Å². The van der Waals surface area contributed by atoms with Gasteiger partial charge in [-0.15, -0.1) is 0 Å². The van der Waals surface area contributed by atoms with Crippen molar-refractivity contribution in [3.63, 3.8) is 0 Å². The van der Waals surface area contributed by atoms with Crippen LogP contribution in [0.4, 0.5) is 5.69 Å². The first-order chi connectivity index (χ1) is 8.06. The summed E-state index contributed by atoms with van der Waals surface area (Å²) in [6.07, 6.45) is 2.99. The van der Waals surface area contributed by atoms with Crippen LogP contribution in [0.2, 0.25) is 0 Å². The summed E-state index contributed by atoms with van der Waals surface area (Å²) in [5.74, 6) is -0.633. The minimum absolute atomic E-state index is 0.0577. The third kappa shape index (κ3) is 3.71. The van der Waals surface area contributed by atoms with E-state index in [1.54, 1.807) is 7.11 Å². The van der Waals surface area contributed by atoms with Crippen molar-refractivity contribution in [2.75, 3.05) is 19.0 Å². The van der Waals surface area contributed by atoms with Gasteiger partial charge in [0.05, 0.1) is 30.1 Å². The van der Waals surface area contributed by atoms with E-state index in [9.17, 15) is 4.79 Å². The number of aromatic nitrogens is 1. The molecule has 2 N–H and O–H groups in total. The van der Waals surface area contributed by atoms with Gasteiger partial charge in [0.2, 0.25) is 0 Å². The van der Waals surface area contributed by atoms with Gasteiger partial charge in [-0.3, -0.25) is 4.98 Å². The van der Waals surface area contributed by atoms with Crippen LogP contribution in [0.3, 0.4) is 0 Å². The number of nitrogens with one attached hydrogen (secondary N) is 1. The minimum atomic E-state index is -0.963. The van der Waals surface area contributed by atoms with E-state index in [1.165, 1.54) is 18.5 Å². The molecule has 0 amide bonds. The molecule has 0 aromatic carbocycles. The van der Waals surface area contributed by atoms with Crippen LogP contribution in [0.15, 0.2) is 18.5 Å². The Bertz CT molecular complexity index is 380. The highest BCUT2D eigenvalue weighted by Crippen LogP contribution is 2.17. The maximum atomic E-state index is 11.0. The number of hydrogen-bond donors (Lipinski definition) is 2. The first-order valence-electron chi connectivity index (χ1n) is 5.49. The molecule has 0 aliphatic heterocycles. The quantitative estimate of drug-likeness (QED) is 0.791. The number of hydrogen-bond acceptors (Lipinski definition) is 4. The number of carbonyl (C=O) groups is 1. The summed E-state index contributed by atoms with van der Waals surface area (Å²) in [5.41, 5.74) is 0.748. The number of nitrogens with zero attached hydrogens (tertiary/aromatic N) is 1. The molecule has 1 heterocycles. The second-order valence-corrected chi connectivity index (χ2v) is 4.18. The van der Waals surface area contributed by atoms with Crippen LogP contribution in [0.1, 0.15) is 24.2 Å². The van der Waals surface area contributed by atoms with E-state index in [0.717, 1.165) is 0 Å². The molecule has 0 aliphatic rings. The summed E-state index contributed by atoms with van der Waals surface area (Å²) in [4.78, 5) is 15.0. The Balaban J connectivity index is 2.88. The monoisotopic (exact) mass is 238 g/mol. The average Bonchev–Trinajstić information content (AvgIpc) is 2.28. The molecule has 0 saturated carbocycles. The van der Waals surface area contributed by atoms with Crippen LogP contribution >= 0.6 is 0 Å². The van der Waals surface area contributed by atoms with Crippen LogP contribution in [-0.2, 0) is 4.74 Å². The zero-order valence-electron chi connectivity index (χ0n) is 10.3. The van der Waals surface area contributed by atoms with Crippen molar-refractivity contribution in [1.82, 2.24) is 4.98 Å². The van der Waals surface area contributed by atoms with Crippen LogP contribution in [0.25, 0.3) is 0 Å². The van der Waals surface area contributed by atoms with Crippen LogP contribution in [0, 0.1) is 5.92 Å². The lowest BCUT2D eigenvalue weighted by atomic mass is 10.0. The van der Waals surface area contributed by atoms with Gasteiger partial charge < -0.3 is 15.2 Å². The van der Waals surface area contributed by atoms with E-state index in [0.29, 0.717) is 18.2 Å². The molecule has 1 aromatic rings. The molecule has 1 rings (SSSR count). The van der Waals surface area contributed by atoms with Crippen molar-refractivity contribution in [3.05, 3.63) is 24.0 Å². The number of ether oxygens (including phenoxy) is 1. The predicted molar refractivity (Wildman–Crippen MR) is 65.3 cm³/mol. The number of pyridine rings is 1. The number of carboxylic acid groups (broad SMARTS) is 1. The smallest absolute Gasteiger partial charge is 0.337 e. The fourth-order valence-corrected chi connectivity index (χ4v) is 1.48. The summed E-state index contributed by atoms with van der Waals surface area (Å²) < 4.78 is 5.11. The van der Waals surface area contributed by atoms with E-state index < -0.39 is 5.97 Å². The molecular formula is C12H18N2O3. The van der Waals surface area contributed by atoms with Gasteiger partial charge in [0.15, 0.2) is 0 Å². The average molecular weight is 238 g/mol.